The van der Waals surface area contributed by atoms with Crippen LogP contribution in [0.15, 0.2) is 40.9 Å². The largest absolute Gasteiger partial charge is 0.337 e. The van der Waals surface area contributed by atoms with E-state index in [0.717, 1.165) is 30.5 Å². The van der Waals surface area contributed by atoms with Crippen molar-refractivity contribution in [3.63, 3.8) is 0 Å². The maximum atomic E-state index is 12.3. The molecule has 8 nitrogen and oxygen atoms in total. The third kappa shape index (κ3) is 3.93. The smallest absolute Gasteiger partial charge is 0.247 e. The second-order valence-corrected chi connectivity index (χ2v) is 7.92. The van der Waals surface area contributed by atoms with Gasteiger partial charge in [-0.15, -0.1) is 0 Å². The van der Waals surface area contributed by atoms with Gasteiger partial charge in [-0.3, -0.25) is 4.68 Å². The topological polar surface area (TPSA) is 94.1 Å². The summed E-state index contributed by atoms with van der Waals surface area (Å²) in [6.45, 7) is 4.59. The van der Waals surface area contributed by atoms with E-state index in [1.54, 1.807) is 10.7 Å². The van der Waals surface area contributed by atoms with Gasteiger partial charge in [0.1, 0.15) is 6.54 Å². The number of benzene rings is 1. The molecule has 2 heterocycles. The summed E-state index contributed by atoms with van der Waals surface area (Å²) in [7, 11) is -3.56. The molecule has 0 spiro atoms. The highest BCUT2D eigenvalue weighted by Gasteiger charge is 2.24. The number of hydrogen-bond acceptors (Lipinski definition) is 6. The lowest BCUT2D eigenvalue weighted by atomic mass is 10.2. The van der Waals surface area contributed by atoms with E-state index < -0.39 is 10.0 Å². The Kier molecular flexibility index (Phi) is 5.08. The summed E-state index contributed by atoms with van der Waals surface area (Å²) < 4.78 is 32.8. The van der Waals surface area contributed by atoms with Gasteiger partial charge in [-0.1, -0.05) is 42.4 Å². The molecule has 2 aromatic heterocycles. The highest BCUT2D eigenvalue weighted by atomic mass is 32.2. The fourth-order valence-electron chi connectivity index (χ4n) is 2.57. The van der Waals surface area contributed by atoms with Crippen LogP contribution in [0.1, 0.15) is 24.9 Å². The van der Waals surface area contributed by atoms with Crippen molar-refractivity contribution in [3.8, 4) is 11.4 Å². The number of aryl methyl sites for hydroxylation is 2. The van der Waals surface area contributed by atoms with Crippen LogP contribution < -0.4 is 4.31 Å². The van der Waals surface area contributed by atoms with Crippen LogP contribution in [0.2, 0.25) is 0 Å². The zero-order valence-electron chi connectivity index (χ0n) is 15.0. The Hall–Kier alpha value is -2.68. The van der Waals surface area contributed by atoms with Crippen molar-refractivity contribution in [3.05, 3.63) is 48.0 Å². The summed E-state index contributed by atoms with van der Waals surface area (Å²) in [6.07, 6.45) is 2.04. The minimum absolute atomic E-state index is 0.0682. The zero-order valence-corrected chi connectivity index (χ0v) is 15.8. The van der Waals surface area contributed by atoms with Crippen molar-refractivity contribution >= 4 is 15.8 Å². The number of rotatable bonds is 7. The predicted octanol–water partition coefficient (Wildman–Crippen LogP) is 2.62. The summed E-state index contributed by atoms with van der Waals surface area (Å²) in [5, 5.41) is 8.34. The van der Waals surface area contributed by atoms with Gasteiger partial charge >= 0.3 is 0 Å². The Labute approximate surface area is 152 Å². The Balaban J connectivity index is 1.89. The molecule has 0 radical (unpaired) electrons. The van der Waals surface area contributed by atoms with Crippen molar-refractivity contribution in [2.45, 2.75) is 33.4 Å². The van der Waals surface area contributed by atoms with Crippen LogP contribution in [0.5, 0.6) is 0 Å². The molecule has 0 N–H and O–H groups in total. The molecular formula is C17H21N5O3S. The van der Waals surface area contributed by atoms with E-state index in [1.807, 2.05) is 44.2 Å². The summed E-state index contributed by atoms with van der Waals surface area (Å²) in [4.78, 5) is 4.31. The highest BCUT2D eigenvalue weighted by molar-refractivity contribution is 7.92. The number of anilines is 1. The Morgan fingerprint density at radius 2 is 1.96 bits per heavy atom. The first-order chi connectivity index (χ1) is 12.4. The van der Waals surface area contributed by atoms with Gasteiger partial charge in [-0.25, -0.2) is 12.7 Å². The van der Waals surface area contributed by atoms with Crippen molar-refractivity contribution in [1.82, 2.24) is 19.9 Å². The molecule has 0 saturated heterocycles. The lowest BCUT2D eigenvalue weighted by Gasteiger charge is -2.17. The van der Waals surface area contributed by atoms with E-state index in [0.29, 0.717) is 11.6 Å². The molecule has 0 aliphatic heterocycles. The maximum absolute atomic E-state index is 12.3. The Bertz CT molecular complexity index is 979. The van der Waals surface area contributed by atoms with Crippen molar-refractivity contribution in [1.29, 1.82) is 0 Å². The van der Waals surface area contributed by atoms with Crippen molar-refractivity contribution in [2.75, 3.05) is 10.6 Å². The molecule has 138 valence electrons. The molecule has 0 amide bonds. The number of sulfonamides is 1. The number of aromatic nitrogens is 4. The van der Waals surface area contributed by atoms with E-state index in [1.165, 1.54) is 4.31 Å². The van der Waals surface area contributed by atoms with Gasteiger partial charge in [-0.2, -0.15) is 10.1 Å². The van der Waals surface area contributed by atoms with Gasteiger partial charge in [0.2, 0.25) is 21.7 Å². The van der Waals surface area contributed by atoms with Crippen LogP contribution in [0.3, 0.4) is 0 Å². The van der Waals surface area contributed by atoms with Crippen LogP contribution in [0.25, 0.3) is 11.4 Å². The van der Waals surface area contributed by atoms with Crippen molar-refractivity contribution < 1.29 is 12.9 Å². The van der Waals surface area contributed by atoms with E-state index in [-0.39, 0.29) is 12.4 Å². The first-order valence-electron chi connectivity index (χ1n) is 8.28. The predicted molar refractivity (Wildman–Crippen MR) is 98.0 cm³/mol. The molecule has 1 aromatic carbocycles. The van der Waals surface area contributed by atoms with Crippen LogP contribution in [-0.4, -0.2) is 34.6 Å². The molecule has 3 rings (SSSR count). The monoisotopic (exact) mass is 375 g/mol. The standard InChI is InChI=1S/C17H21N5O3S/c1-4-10-21-13(2)11-15(19-21)22(26(3,23)24)12-16-18-17(20-25-16)14-8-6-5-7-9-14/h5-9,11H,4,10,12H2,1-3H3. The molecule has 0 fully saturated rings. The first kappa shape index (κ1) is 18.1. The molecule has 0 saturated carbocycles. The van der Waals surface area contributed by atoms with Crippen LogP contribution in [0.4, 0.5) is 5.82 Å². The molecule has 0 aliphatic carbocycles. The van der Waals surface area contributed by atoms with Gasteiger partial charge in [0.15, 0.2) is 5.82 Å². The Morgan fingerprint density at radius 3 is 2.62 bits per heavy atom. The van der Waals surface area contributed by atoms with Gasteiger partial charge in [-0.05, 0) is 13.3 Å². The third-order valence-corrected chi connectivity index (χ3v) is 4.96. The lowest BCUT2D eigenvalue weighted by Crippen LogP contribution is -2.30. The number of hydrogen-bond donors (Lipinski definition) is 0. The van der Waals surface area contributed by atoms with E-state index in [9.17, 15) is 8.42 Å². The number of nitrogens with zero attached hydrogens (tertiary/aromatic N) is 5. The second-order valence-electron chi connectivity index (χ2n) is 6.01. The zero-order chi connectivity index (χ0) is 18.7. The summed E-state index contributed by atoms with van der Waals surface area (Å²) in [5.41, 5.74) is 1.70. The summed E-state index contributed by atoms with van der Waals surface area (Å²) in [5.74, 6) is 0.969. The minimum Gasteiger partial charge on any atom is -0.337 e. The van der Waals surface area contributed by atoms with E-state index in [4.69, 9.17) is 4.52 Å². The lowest BCUT2D eigenvalue weighted by molar-refractivity contribution is 0.380. The molecule has 9 heteroatoms. The van der Waals surface area contributed by atoms with Crippen LogP contribution >= 0.6 is 0 Å². The fourth-order valence-corrected chi connectivity index (χ4v) is 3.34. The average molecular weight is 375 g/mol. The summed E-state index contributed by atoms with van der Waals surface area (Å²) in [6, 6.07) is 11.1. The second kappa shape index (κ2) is 7.28. The molecule has 3 aromatic rings. The van der Waals surface area contributed by atoms with Crippen LogP contribution in [0, 0.1) is 6.92 Å². The molecule has 26 heavy (non-hydrogen) atoms. The van der Waals surface area contributed by atoms with E-state index in [2.05, 4.69) is 15.2 Å². The van der Waals surface area contributed by atoms with Gasteiger partial charge in [0.05, 0.1) is 6.26 Å². The molecular weight excluding hydrogens is 354 g/mol. The third-order valence-electron chi connectivity index (χ3n) is 3.84. The molecule has 0 aliphatic rings. The maximum Gasteiger partial charge on any atom is 0.247 e. The molecule has 0 atom stereocenters. The van der Waals surface area contributed by atoms with Crippen LogP contribution in [-0.2, 0) is 23.1 Å². The first-order valence-corrected chi connectivity index (χ1v) is 10.1. The van der Waals surface area contributed by atoms with Crippen molar-refractivity contribution in [2.24, 2.45) is 0 Å². The molecule has 0 bridgehead atoms. The van der Waals surface area contributed by atoms with Gasteiger partial charge < -0.3 is 4.52 Å². The fraction of sp³-hybridized carbons (Fsp3) is 0.353. The average Bonchev–Trinajstić information content (AvgIpc) is 3.20. The highest BCUT2D eigenvalue weighted by Crippen LogP contribution is 2.21. The van der Waals surface area contributed by atoms with Gasteiger partial charge in [0, 0.05) is 23.9 Å². The quantitative estimate of drug-likeness (QED) is 0.630. The SMILES string of the molecule is CCCn1nc(N(Cc2nc(-c3ccccc3)no2)S(C)(=O)=O)cc1C. The normalized spacial score (nSPS) is 11.7. The Morgan fingerprint density at radius 1 is 1.23 bits per heavy atom. The molecule has 0 unspecified atom stereocenters. The minimum atomic E-state index is -3.56. The summed E-state index contributed by atoms with van der Waals surface area (Å²) >= 11 is 0. The van der Waals surface area contributed by atoms with E-state index >= 15 is 0 Å². The van der Waals surface area contributed by atoms with Gasteiger partial charge in [0.25, 0.3) is 0 Å².